The number of hydrogen-bond donors (Lipinski definition) is 1. The minimum atomic E-state index is -0.473. The lowest BCUT2D eigenvalue weighted by atomic mass is 10.2. The highest BCUT2D eigenvalue weighted by Crippen LogP contribution is 2.16. The fourth-order valence-electron chi connectivity index (χ4n) is 1.48. The fourth-order valence-corrected chi connectivity index (χ4v) is 1.68. The van der Waals surface area contributed by atoms with Crippen LogP contribution in [0.15, 0.2) is 30.0 Å². The number of nitrogens with one attached hydrogen (secondary N) is 1. The molecule has 1 aromatic carbocycles. The SMILES string of the molecule is CN1C(=O)/C(=C\c2ccc([N+](=O)[O-])cc2)NC1=S. The number of non-ortho nitro benzene ring substituents is 1. The first-order chi connectivity index (χ1) is 8.49. The average Bonchev–Trinajstić information content (AvgIpc) is 2.58. The van der Waals surface area contributed by atoms with E-state index in [9.17, 15) is 14.9 Å². The number of carbonyl (C=O) groups excluding carboxylic acids is 1. The minimum Gasteiger partial charge on any atom is -0.328 e. The van der Waals surface area contributed by atoms with Crippen LogP contribution in [-0.4, -0.2) is 27.9 Å². The van der Waals surface area contributed by atoms with Gasteiger partial charge in [0.2, 0.25) is 0 Å². The molecule has 1 aliphatic heterocycles. The minimum absolute atomic E-state index is 0.00972. The zero-order valence-electron chi connectivity index (χ0n) is 9.41. The van der Waals surface area contributed by atoms with Crippen LogP contribution in [0.2, 0.25) is 0 Å². The summed E-state index contributed by atoms with van der Waals surface area (Å²) in [5, 5.41) is 13.6. The molecule has 1 fully saturated rings. The summed E-state index contributed by atoms with van der Waals surface area (Å²) in [6.07, 6.45) is 1.60. The smallest absolute Gasteiger partial charge is 0.276 e. The average molecular weight is 263 g/mol. The highest BCUT2D eigenvalue weighted by atomic mass is 32.1. The van der Waals surface area contributed by atoms with Gasteiger partial charge in [0.15, 0.2) is 5.11 Å². The van der Waals surface area contributed by atoms with E-state index < -0.39 is 4.92 Å². The van der Waals surface area contributed by atoms with Crippen molar-refractivity contribution in [3.63, 3.8) is 0 Å². The molecular formula is C11H9N3O3S. The monoisotopic (exact) mass is 263 g/mol. The molecule has 92 valence electrons. The molecule has 0 saturated carbocycles. The molecule has 0 atom stereocenters. The van der Waals surface area contributed by atoms with Gasteiger partial charge in [0.25, 0.3) is 11.6 Å². The summed E-state index contributed by atoms with van der Waals surface area (Å²) < 4.78 is 0. The zero-order chi connectivity index (χ0) is 13.3. The first-order valence-electron chi connectivity index (χ1n) is 5.04. The van der Waals surface area contributed by atoms with Crippen LogP contribution in [0.3, 0.4) is 0 Å². The van der Waals surface area contributed by atoms with Gasteiger partial charge in [-0.3, -0.25) is 19.8 Å². The Balaban J connectivity index is 2.26. The third-order valence-corrected chi connectivity index (χ3v) is 2.87. The van der Waals surface area contributed by atoms with Crippen molar-refractivity contribution in [1.29, 1.82) is 0 Å². The second kappa shape index (κ2) is 4.53. The molecule has 0 aliphatic carbocycles. The molecule has 18 heavy (non-hydrogen) atoms. The quantitative estimate of drug-likeness (QED) is 0.376. The molecule has 1 saturated heterocycles. The van der Waals surface area contributed by atoms with Gasteiger partial charge in [-0.05, 0) is 36.0 Å². The highest BCUT2D eigenvalue weighted by molar-refractivity contribution is 7.80. The van der Waals surface area contributed by atoms with Crippen LogP contribution in [-0.2, 0) is 4.79 Å². The van der Waals surface area contributed by atoms with Crippen molar-refractivity contribution in [2.75, 3.05) is 7.05 Å². The molecule has 1 N–H and O–H groups in total. The number of likely N-dealkylation sites (N-methyl/N-ethyl adjacent to an activating group) is 1. The third kappa shape index (κ3) is 2.21. The highest BCUT2D eigenvalue weighted by Gasteiger charge is 2.26. The van der Waals surface area contributed by atoms with Crippen LogP contribution < -0.4 is 5.32 Å². The van der Waals surface area contributed by atoms with Crippen LogP contribution in [0.1, 0.15) is 5.56 Å². The number of thiocarbonyl (C=S) groups is 1. The number of nitro groups is 1. The van der Waals surface area contributed by atoms with Gasteiger partial charge in [0.05, 0.1) is 4.92 Å². The van der Waals surface area contributed by atoms with Gasteiger partial charge in [-0.15, -0.1) is 0 Å². The van der Waals surface area contributed by atoms with E-state index in [2.05, 4.69) is 5.32 Å². The van der Waals surface area contributed by atoms with Crippen molar-refractivity contribution in [2.45, 2.75) is 0 Å². The summed E-state index contributed by atoms with van der Waals surface area (Å²) in [4.78, 5) is 23.0. The molecule has 0 spiro atoms. The van der Waals surface area contributed by atoms with Crippen molar-refractivity contribution in [2.24, 2.45) is 0 Å². The van der Waals surface area contributed by atoms with Gasteiger partial charge in [-0.1, -0.05) is 0 Å². The molecule has 7 heteroatoms. The second-order valence-corrected chi connectivity index (χ2v) is 4.09. The molecule has 2 rings (SSSR count). The maximum Gasteiger partial charge on any atom is 0.276 e. The van der Waals surface area contributed by atoms with E-state index in [0.717, 1.165) is 0 Å². The van der Waals surface area contributed by atoms with Crippen LogP contribution in [0.4, 0.5) is 5.69 Å². The lowest BCUT2D eigenvalue weighted by Crippen LogP contribution is -2.25. The maximum absolute atomic E-state index is 11.7. The topological polar surface area (TPSA) is 75.5 Å². The predicted molar refractivity (Wildman–Crippen MR) is 69.6 cm³/mol. The summed E-state index contributed by atoms with van der Waals surface area (Å²) in [7, 11) is 1.58. The van der Waals surface area contributed by atoms with E-state index in [1.54, 1.807) is 25.3 Å². The number of rotatable bonds is 2. The van der Waals surface area contributed by atoms with Crippen molar-refractivity contribution in [3.05, 3.63) is 45.6 Å². The molecule has 0 unspecified atom stereocenters. The van der Waals surface area contributed by atoms with Crippen molar-refractivity contribution >= 4 is 35.0 Å². The van der Waals surface area contributed by atoms with Crippen LogP contribution in [0, 0.1) is 10.1 Å². The van der Waals surface area contributed by atoms with Crippen molar-refractivity contribution < 1.29 is 9.72 Å². The van der Waals surface area contributed by atoms with Crippen molar-refractivity contribution in [1.82, 2.24) is 10.2 Å². The molecular weight excluding hydrogens is 254 g/mol. The Kier molecular flexibility index (Phi) is 3.07. The molecule has 1 amide bonds. The van der Waals surface area contributed by atoms with Gasteiger partial charge in [0, 0.05) is 19.2 Å². The summed E-state index contributed by atoms with van der Waals surface area (Å²) >= 11 is 4.93. The van der Waals surface area contributed by atoms with E-state index in [1.807, 2.05) is 0 Å². The van der Waals surface area contributed by atoms with Crippen LogP contribution >= 0.6 is 12.2 Å². The maximum atomic E-state index is 11.7. The lowest BCUT2D eigenvalue weighted by Gasteiger charge is -2.02. The zero-order valence-corrected chi connectivity index (χ0v) is 10.2. The van der Waals surface area contributed by atoms with E-state index >= 15 is 0 Å². The van der Waals surface area contributed by atoms with Gasteiger partial charge in [0.1, 0.15) is 5.70 Å². The van der Waals surface area contributed by atoms with E-state index in [-0.39, 0.29) is 11.6 Å². The summed E-state index contributed by atoms with van der Waals surface area (Å²) in [5.41, 5.74) is 1.06. The van der Waals surface area contributed by atoms with Crippen LogP contribution in [0.5, 0.6) is 0 Å². The van der Waals surface area contributed by atoms with E-state index in [0.29, 0.717) is 16.4 Å². The fraction of sp³-hybridized carbons (Fsp3) is 0.0909. The Bertz CT molecular complexity index is 565. The van der Waals surface area contributed by atoms with E-state index in [1.165, 1.54) is 17.0 Å². The summed E-state index contributed by atoms with van der Waals surface area (Å²) in [5.74, 6) is -0.224. The van der Waals surface area contributed by atoms with E-state index in [4.69, 9.17) is 12.2 Å². The first kappa shape index (κ1) is 12.2. The molecule has 6 nitrogen and oxygen atoms in total. The van der Waals surface area contributed by atoms with Gasteiger partial charge in [-0.2, -0.15) is 0 Å². The lowest BCUT2D eigenvalue weighted by molar-refractivity contribution is -0.384. The normalized spacial score (nSPS) is 17.2. The molecule has 0 aromatic heterocycles. The number of nitrogens with zero attached hydrogens (tertiary/aromatic N) is 2. The first-order valence-corrected chi connectivity index (χ1v) is 5.45. The molecule has 1 aliphatic rings. The summed E-state index contributed by atoms with van der Waals surface area (Å²) in [6.45, 7) is 0. The number of benzene rings is 1. The predicted octanol–water partition coefficient (Wildman–Crippen LogP) is 1.28. The van der Waals surface area contributed by atoms with Crippen molar-refractivity contribution in [3.8, 4) is 0 Å². The van der Waals surface area contributed by atoms with Crippen LogP contribution in [0.25, 0.3) is 6.08 Å². The third-order valence-electron chi connectivity index (χ3n) is 2.50. The molecule has 0 bridgehead atoms. The Morgan fingerprint density at radius 1 is 1.39 bits per heavy atom. The standard InChI is InChI=1S/C11H9N3O3S/c1-13-10(15)9(12-11(13)18)6-7-2-4-8(5-3-7)14(16)17/h2-6H,1H3,(H,12,18)/b9-6+. The number of carbonyl (C=O) groups is 1. The summed E-state index contributed by atoms with van der Waals surface area (Å²) in [6, 6.07) is 5.91. The largest absolute Gasteiger partial charge is 0.328 e. The Morgan fingerprint density at radius 3 is 2.44 bits per heavy atom. The van der Waals surface area contributed by atoms with Gasteiger partial charge >= 0.3 is 0 Å². The molecule has 1 heterocycles. The van der Waals surface area contributed by atoms with Gasteiger partial charge < -0.3 is 5.32 Å². The Labute approximate surface area is 108 Å². The molecule has 1 aromatic rings. The Morgan fingerprint density at radius 2 is 2.00 bits per heavy atom. The second-order valence-electron chi connectivity index (χ2n) is 3.70. The number of nitro benzene ring substituents is 1. The number of amides is 1. The number of hydrogen-bond acceptors (Lipinski definition) is 4. The molecule has 0 radical (unpaired) electrons. The van der Waals surface area contributed by atoms with Gasteiger partial charge in [-0.25, -0.2) is 0 Å². The Hall–Kier alpha value is -2.28.